The number of halogens is 1. The van der Waals surface area contributed by atoms with E-state index in [1.807, 2.05) is 16.7 Å². The van der Waals surface area contributed by atoms with Crippen molar-refractivity contribution < 1.29 is 4.79 Å². The molecule has 1 aromatic heterocycles. The molecule has 1 atom stereocenters. The zero-order chi connectivity index (χ0) is 13.2. The quantitative estimate of drug-likeness (QED) is 0.886. The van der Waals surface area contributed by atoms with E-state index in [-0.39, 0.29) is 18.3 Å². The highest BCUT2D eigenvalue weighted by Crippen LogP contribution is 2.24. The van der Waals surface area contributed by atoms with Gasteiger partial charge in [-0.15, -0.1) is 12.4 Å². The summed E-state index contributed by atoms with van der Waals surface area (Å²) < 4.78 is 0. The summed E-state index contributed by atoms with van der Waals surface area (Å²) in [6, 6.07) is 0.381. The van der Waals surface area contributed by atoms with Crippen LogP contribution in [0.4, 0.5) is 0 Å². The fraction of sp³-hybridized carbons (Fsp3) is 0.692. The van der Waals surface area contributed by atoms with E-state index < -0.39 is 0 Å². The maximum Gasteiger partial charge on any atom is 0.274 e. The second-order valence-electron chi connectivity index (χ2n) is 5.21. The Labute approximate surface area is 129 Å². The minimum atomic E-state index is 0. The van der Waals surface area contributed by atoms with Gasteiger partial charge in [-0.05, 0) is 19.1 Å². The highest BCUT2D eigenvalue weighted by Gasteiger charge is 2.32. The van der Waals surface area contributed by atoms with Crippen LogP contribution < -0.4 is 5.32 Å². The molecule has 1 saturated heterocycles. The number of hydrogen-bond donors (Lipinski definition) is 2. The number of H-pyrrole nitrogens is 1. The number of carbonyl (C=O) groups is 1. The van der Waals surface area contributed by atoms with Crippen LogP contribution in [0, 0.1) is 0 Å². The zero-order valence-electron chi connectivity index (χ0n) is 11.6. The zero-order valence-corrected chi connectivity index (χ0v) is 13.3. The van der Waals surface area contributed by atoms with Crippen LogP contribution in [0.15, 0.2) is 0 Å². The summed E-state index contributed by atoms with van der Waals surface area (Å²) in [6.07, 6.45) is 5.27. The molecule has 0 bridgehead atoms. The summed E-state index contributed by atoms with van der Waals surface area (Å²) >= 11 is 1.81. The third-order valence-corrected chi connectivity index (χ3v) is 4.72. The summed E-state index contributed by atoms with van der Waals surface area (Å²) in [6.45, 7) is 2.59. The van der Waals surface area contributed by atoms with Crippen molar-refractivity contribution in [3.8, 4) is 0 Å². The van der Waals surface area contributed by atoms with Gasteiger partial charge >= 0.3 is 0 Å². The van der Waals surface area contributed by atoms with E-state index in [9.17, 15) is 4.79 Å². The molecule has 2 aliphatic rings. The Hall–Kier alpha value is -0.720. The molecular weight excluding hydrogens is 296 g/mol. The van der Waals surface area contributed by atoms with Gasteiger partial charge in [-0.2, -0.15) is 16.9 Å². The molecule has 0 radical (unpaired) electrons. The first-order valence-electron chi connectivity index (χ1n) is 6.88. The Morgan fingerprint density at radius 1 is 1.55 bits per heavy atom. The van der Waals surface area contributed by atoms with Gasteiger partial charge in [-0.3, -0.25) is 9.89 Å². The lowest BCUT2D eigenvalue weighted by atomic mass is 10.1. The van der Waals surface area contributed by atoms with Crippen molar-refractivity contribution in [2.75, 3.05) is 25.1 Å². The van der Waals surface area contributed by atoms with Crippen LogP contribution in [0.5, 0.6) is 0 Å². The van der Waals surface area contributed by atoms with E-state index in [2.05, 4.69) is 21.8 Å². The molecule has 1 aromatic rings. The molecular formula is C13H21ClN4OS. The fourth-order valence-electron chi connectivity index (χ4n) is 3.01. The predicted octanol–water partition coefficient (Wildman–Crippen LogP) is 1.44. The van der Waals surface area contributed by atoms with Gasteiger partial charge in [0.15, 0.2) is 5.69 Å². The van der Waals surface area contributed by atoms with Crippen molar-refractivity contribution in [2.45, 2.75) is 31.8 Å². The lowest BCUT2D eigenvalue weighted by Gasteiger charge is -2.24. The molecule has 112 valence electrons. The smallest absolute Gasteiger partial charge is 0.274 e. The summed E-state index contributed by atoms with van der Waals surface area (Å²) in [7, 11) is 0. The van der Waals surface area contributed by atoms with Crippen molar-refractivity contribution in [1.29, 1.82) is 0 Å². The summed E-state index contributed by atoms with van der Waals surface area (Å²) in [5, 5.41) is 10.6. The first-order chi connectivity index (χ1) is 9.31. The molecule has 0 aromatic carbocycles. The Morgan fingerprint density at radius 3 is 3.20 bits per heavy atom. The lowest BCUT2D eigenvalue weighted by molar-refractivity contribution is 0.0742. The van der Waals surface area contributed by atoms with Crippen LogP contribution in [0.25, 0.3) is 0 Å². The van der Waals surface area contributed by atoms with Crippen LogP contribution in [0.2, 0.25) is 0 Å². The lowest BCUT2D eigenvalue weighted by Crippen LogP contribution is -2.38. The van der Waals surface area contributed by atoms with E-state index in [1.165, 1.54) is 0 Å². The van der Waals surface area contributed by atoms with E-state index in [1.54, 1.807) is 0 Å². The predicted molar refractivity (Wildman–Crippen MR) is 83.7 cm³/mol. The van der Waals surface area contributed by atoms with Crippen LogP contribution in [0.3, 0.4) is 0 Å². The molecule has 5 nitrogen and oxygen atoms in total. The molecule has 1 fully saturated rings. The minimum Gasteiger partial charge on any atom is -0.333 e. The van der Waals surface area contributed by atoms with Gasteiger partial charge in [-0.25, -0.2) is 0 Å². The average molecular weight is 317 g/mol. The molecule has 3 heterocycles. The Morgan fingerprint density at radius 2 is 2.40 bits per heavy atom. The van der Waals surface area contributed by atoms with Gasteiger partial charge in [0.25, 0.3) is 5.91 Å². The first-order valence-corrected chi connectivity index (χ1v) is 8.27. The number of nitrogens with one attached hydrogen (secondary N) is 2. The van der Waals surface area contributed by atoms with Crippen molar-refractivity contribution in [3.05, 3.63) is 17.0 Å². The largest absolute Gasteiger partial charge is 0.333 e. The first kappa shape index (κ1) is 15.7. The van der Waals surface area contributed by atoms with Gasteiger partial charge in [0.2, 0.25) is 0 Å². The summed E-state index contributed by atoms with van der Waals surface area (Å²) in [5.41, 5.74) is 2.84. The maximum absolute atomic E-state index is 12.7. The van der Waals surface area contributed by atoms with E-state index in [4.69, 9.17) is 0 Å². The Bertz CT molecular complexity index is 479. The fourth-order valence-corrected chi connectivity index (χ4v) is 3.74. The van der Waals surface area contributed by atoms with E-state index in [0.717, 1.165) is 55.9 Å². The number of fused-ring (bicyclic) bond motifs is 1. The number of carbonyl (C=O) groups excluding carboxylic acids is 1. The number of hydrogen-bond acceptors (Lipinski definition) is 4. The third-order valence-electron chi connectivity index (χ3n) is 4.01. The Balaban J connectivity index is 0.00000147. The number of amides is 1. The average Bonchev–Trinajstić information content (AvgIpc) is 3.04. The number of aromatic nitrogens is 2. The third kappa shape index (κ3) is 2.82. The molecule has 20 heavy (non-hydrogen) atoms. The van der Waals surface area contributed by atoms with Crippen LogP contribution >= 0.6 is 24.2 Å². The molecule has 3 rings (SSSR count). The van der Waals surface area contributed by atoms with E-state index >= 15 is 0 Å². The molecule has 0 saturated carbocycles. The minimum absolute atomic E-state index is 0. The number of likely N-dealkylation sites (tertiary alicyclic amines) is 1. The van der Waals surface area contributed by atoms with Crippen molar-refractivity contribution in [1.82, 2.24) is 20.4 Å². The normalized spacial score (nSPS) is 21.4. The van der Waals surface area contributed by atoms with Crippen molar-refractivity contribution in [2.24, 2.45) is 0 Å². The van der Waals surface area contributed by atoms with E-state index in [0.29, 0.717) is 11.7 Å². The van der Waals surface area contributed by atoms with Gasteiger partial charge < -0.3 is 10.2 Å². The van der Waals surface area contributed by atoms with Gasteiger partial charge in [-0.1, -0.05) is 0 Å². The number of thioether (sulfide) groups is 1. The van der Waals surface area contributed by atoms with Crippen molar-refractivity contribution >= 4 is 30.1 Å². The highest BCUT2D eigenvalue weighted by molar-refractivity contribution is 7.98. The molecule has 0 spiro atoms. The van der Waals surface area contributed by atoms with Gasteiger partial charge in [0.1, 0.15) is 0 Å². The number of nitrogens with zero attached hydrogens (tertiary/aromatic N) is 2. The summed E-state index contributed by atoms with van der Waals surface area (Å²) in [4.78, 5) is 14.7. The molecule has 0 aliphatic carbocycles. The maximum atomic E-state index is 12.7. The van der Waals surface area contributed by atoms with Crippen LogP contribution in [-0.2, 0) is 13.0 Å². The van der Waals surface area contributed by atoms with Crippen LogP contribution in [-0.4, -0.2) is 52.1 Å². The molecule has 1 amide bonds. The van der Waals surface area contributed by atoms with Crippen LogP contribution in [0.1, 0.15) is 34.6 Å². The number of rotatable bonds is 3. The van der Waals surface area contributed by atoms with Gasteiger partial charge in [0.05, 0.1) is 0 Å². The monoisotopic (exact) mass is 316 g/mol. The second kappa shape index (κ2) is 6.83. The highest BCUT2D eigenvalue weighted by atomic mass is 35.5. The molecule has 7 heteroatoms. The topological polar surface area (TPSA) is 61.0 Å². The van der Waals surface area contributed by atoms with Crippen molar-refractivity contribution in [3.63, 3.8) is 0 Å². The summed E-state index contributed by atoms with van der Waals surface area (Å²) in [5.74, 6) is 1.13. The van der Waals surface area contributed by atoms with Gasteiger partial charge in [0, 0.05) is 49.1 Å². The number of aromatic amines is 1. The Kier molecular flexibility index (Phi) is 5.35. The molecule has 1 unspecified atom stereocenters. The SMILES string of the molecule is CSCC1CCCN1C(=O)c1n[nH]c2c1CNCC2.Cl. The standard InChI is InChI=1S/C13H20N4OS.ClH/c1-19-8-9-3-2-6-17(9)13(18)12-10-7-14-5-4-11(10)15-16-12;/h9,14H,2-8H2,1H3,(H,15,16);1H. The second-order valence-corrected chi connectivity index (χ2v) is 6.12. The molecule has 2 N–H and O–H groups in total. The molecule has 2 aliphatic heterocycles.